The summed E-state index contributed by atoms with van der Waals surface area (Å²) in [6.07, 6.45) is 0.129. The second-order valence-corrected chi connectivity index (χ2v) is 7.30. The molecule has 3 heterocycles. The van der Waals surface area contributed by atoms with Crippen LogP contribution in [0.2, 0.25) is 0 Å². The SMILES string of the molecule is COc1ccccc1-c1cc(NC(=O)C2CC(=O)N(c3ccc4c(c3)OCO4)C2)n[nH]1. The lowest BCUT2D eigenvalue weighted by Gasteiger charge is -2.17. The first-order valence-corrected chi connectivity index (χ1v) is 9.82. The molecular formula is C22H20N4O5. The van der Waals surface area contributed by atoms with Crippen LogP contribution < -0.4 is 24.4 Å². The summed E-state index contributed by atoms with van der Waals surface area (Å²) in [5.41, 5.74) is 2.24. The Labute approximate surface area is 177 Å². The molecule has 9 heteroatoms. The van der Waals surface area contributed by atoms with Gasteiger partial charge in [-0.1, -0.05) is 12.1 Å². The molecule has 2 N–H and O–H groups in total. The van der Waals surface area contributed by atoms with Crippen molar-refractivity contribution in [2.45, 2.75) is 6.42 Å². The van der Waals surface area contributed by atoms with E-state index in [9.17, 15) is 9.59 Å². The third-order valence-corrected chi connectivity index (χ3v) is 5.39. The summed E-state index contributed by atoms with van der Waals surface area (Å²) in [6, 6.07) is 14.6. The van der Waals surface area contributed by atoms with E-state index in [1.807, 2.05) is 24.3 Å². The van der Waals surface area contributed by atoms with Crippen molar-refractivity contribution in [2.24, 2.45) is 5.92 Å². The highest BCUT2D eigenvalue weighted by Crippen LogP contribution is 2.37. The maximum absolute atomic E-state index is 12.8. The molecule has 0 aliphatic carbocycles. The number of ether oxygens (including phenoxy) is 3. The van der Waals surface area contributed by atoms with Gasteiger partial charge >= 0.3 is 0 Å². The molecule has 0 spiro atoms. The molecule has 158 valence electrons. The minimum absolute atomic E-state index is 0.115. The Morgan fingerprint density at radius 1 is 1.19 bits per heavy atom. The average molecular weight is 420 g/mol. The van der Waals surface area contributed by atoms with Crippen LogP contribution in [0.1, 0.15) is 6.42 Å². The lowest BCUT2D eigenvalue weighted by molar-refractivity contribution is -0.122. The van der Waals surface area contributed by atoms with Gasteiger partial charge in [0.15, 0.2) is 17.3 Å². The first-order chi connectivity index (χ1) is 15.1. The number of rotatable bonds is 5. The lowest BCUT2D eigenvalue weighted by atomic mass is 10.1. The zero-order valence-electron chi connectivity index (χ0n) is 16.8. The van der Waals surface area contributed by atoms with E-state index in [0.29, 0.717) is 28.8 Å². The fourth-order valence-electron chi connectivity index (χ4n) is 3.81. The van der Waals surface area contributed by atoms with Gasteiger partial charge in [0.05, 0.1) is 18.7 Å². The van der Waals surface area contributed by atoms with Crippen LogP contribution in [-0.4, -0.2) is 42.5 Å². The second-order valence-electron chi connectivity index (χ2n) is 7.30. The number of methoxy groups -OCH3 is 1. The van der Waals surface area contributed by atoms with Gasteiger partial charge < -0.3 is 24.4 Å². The number of aromatic nitrogens is 2. The van der Waals surface area contributed by atoms with Crippen molar-refractivity contribution in [3.8, 4) is 28.5 Å². The van der Waals surface area contributed by atoms with Crippen molar-refractivity contribution < 1.29 is 23.8 Å². The number of carbonyl (C=O) groups excluding carboxylic acids is 2. The highest BCUT2D eigenvalue weighted by atomic mass is 16.7. The van der Waals surface area contributed by atoms with Gasteiger partial charge in [-0.15, -0.1) is 0 Å². The van der Waals surface area contributed by atoms with E-state index in [1.54, 1.807) is 36.3 Å². The number of carbonyl (C=O) groups is 2. The number of H-pyrrole nitrogens is 1. The quantitative estimate of drug-likeness (QED) is 0.658. The van der Waals surface area contributed by atoms with E-state index in [1.165, 1.54) is 0 Å². The number of nitrogens with zero attached hydrogens (tertiary/aromatic N) is 2. The smallest absolute Gasteiger partial charge is 0.231 e. The minimum Gasteiger partial charge on any atom is -0.496 e. The summed E-state index contributed by atoms with van der Waals surface area (Å²) < 4.78 is 16.1. The molecule has 2 aliphatic heterocycles. The highest BCUT2D eigenvalue weighted by molar-refractivity contribution is 6.03. The fourth-order valence-corrected chi connectivity index (χ4v) is 3.81. The van der Waals surface area contributed by atoms with Gasteiger partial charge in [-0.05, 0) is 24.3 Å². The predicted molar refractivity (Wildman–Crippen MR) is 112 cm³/mol. The molecule has 31 heavy (non-hydrogen) atoms. The molecule has 3 aromatic rings. The van der Waals surface area contributed by atoms with Crippen molar-refractivity contribution in [3.05, 3.63) is 48.5 Å². The molecule has 1 aromatic heterocycles. The fraction of sp³-hybridized carbons (Fsp3) is 0.227. The highest BCUT2D eigenvalue weighted by Gasteiger charge is 2.36. The Hall–Kier alpha value is -4.01. The van der Waals surface area contributed by atoms with Gasteiger partial charge in [-0.25, -0.2) is 0 Å². The van der Waals surface area contributed by atoms with E-state index in [2.05, 4.69) is 15.5 Å². The van der Waals surface area contributed by atoms with Crippen LogP contribution in [0.3, 0.4) is 0 Å². The van der Waals surface area contributed by atoms with Crippen molar-refractivity contribution in [1.29, 1.82) is 0 Å². The van der Waals surface area contributed by atoms with Crippen molar-refractivity contribution >= 4 is 23.3 Å². The van der Waals surface area contributed by atoms with Crippen molar-refractivity contribution in [2.75, 3.05) is 30.7 Å². The van der Waals surface area contributed by atoms with Gasteiger partial charge in [0.25, 0.3) is 0 Å². The Kier molecular flexibility index (Phi) is 4.70. The monoisotopic (exact) mass is 420 g/mol. The molecule has 0 saturated carbocycles. The molecule has 0 bridgehead atoms. The summed E-state index contributed by atoms with van der Waals surface area (Å²) in [6.45, 7) is 0.451. The minimum atomic E-state index is -0.482. The number of nitrogens with one attached hydrogen (secondary N) is 2. The lowest BCUT2D eigenvalue weighted by Crippen LogP contribution is -2.28. The average Bonchev–Trinajstić information content (AvgIpc) is 3.52. The van der Waals surface area contributed by atoms with Crippen LogP contribution in [-0.2, 0) is 9.59 Å². The zero-order chi connectivity index (χ0) is 21.4. The molecule has 9 nitrogen and oxygen atoms in total. The van der Waals surface area contributed by atoms with E-state index in [0.717, 1.165) is 11.3 Å². The molecule has 0 radical (unpaired) electrons. The zero-order valence-corrected chi connectivity index (χ0v) is 16.8. The first kappa shape index (κ1) is 19.0. The number of hydrogen-bond acceptors (Lipinski definition) is 6. The second kappa shape index (κ2) is 7.67. The molecule has 1 saturated heterocycles. The molecular weight excluding hydrogens is 400 g/mol. The predicted octanol–water partition coefficient (Wildman–Crippen LogP) is 2.81. The molecule has 1 unspecified atom stereocenters. The largest absolute Gasteiger partial charge is 0.496 e. The van der Waals surface area contributed by atoms with E-state index in [4.69, 9.17) is 14.2 Å². The molecule has 1 atom stereocenters. The maximum Gasteiger partial charge on any atom is 0.231 e. The molecule has 1 fully saturated rings. The van der Waals surface area contributed by atoms with E-state index >= 15 is 0 Å². The van der Waals surface area contributed by atoms with Gasteiger partial charge in [0.2, 0.25) is 18.6 Å². The first-order valence-electron chi connectivity index (χ1n) is 9.82. The number of hydrogen-bond donors (Lipinski definition) is 2. The van der Waals surface area contributed by atoms with Gasteiger partial charge in [-0.2, -0.15) is 5.10 Å². The van der Waals surface area contributed by atoms with Crippen LogP contribution in [0.5, 0.6) is 17.2 Å². The number of benzene rings is 2. The summed E-state index contributed by atoms with van der Waals surface area (Å²) in [7, 11) is 1.60. The summed E-state index contributed by atoms with van der Waals surface area (Å²) in [4.78, 5) is 26.9. The molecule has 2 aliphatic rings. The standard InChI is InChI=1S/C22H20N4O5/c1-29-17-5-3-2-4-15(17)16-10-20(25-24-16)23-22(28)13-8-21(27)26(11-13)14-6-7-18-19(9-14)31-12-30-18/h2-7,9-10,13H,8,11-12H2,1H3,(H2,23,24,25,28). The van der Waals surface area contributed by atoms with Gasteiger partial charge in [-0.3, -0.25) is 14.7 Å². The van der Waals surface area contributed by atoms with Gasteiger partial charge in [0.1, 0.15) is 5.75 Å². The van der Waals surface area contributed by atoms with E-state index in [-0.39, 0.29) is 31.6 Å². The number of para-hydroxylation sites is 1. The maximum atomic E-state index is 12.8. The van der Waals surface area contributed by atoms with Crippen LogP contribution in [0.15, 0.2) is 48.5 Å². The van der Waals surface area contributed by atoms with Crippen LogP contribution in [0.25, 0.3) is 11.3 Å². The van der Waals surface area contributed by atoms with Crippen molar-refractivity contribution in [3.63, 3.8) is 0 Å². The van der Waals surface area contributed by atoms with Crippen LogP contribution >= 0.6 is 0 Å². The molecule has 2 aromatic carbocycles. The Morgan fingerprint density at radius 3 is 2.90 bits per heavy atom. The van der Waals surface area contributed by atoms with E-state index < -0.39 is 5.92 Å². The van der Waals surface area contributed by atoms with Crippen LogP contribution in [0.4, 0.5) is 11.5 Å². The number of fused-ring (bicyclic) bond motifs is 1. The topological polar surface area (TPSA) is 106 Å². The van der Waals surface area contributed by atoms with Crippen molar-refractivity contribution in [1.82, 2.24) is 10.2 Å². The third-order valence-electron chi connectivity index (χ3n) is 5.39. The van der Waals surface area contributed by atoms with Crippen LogP contribution in [0, 0.1) is 5.92 Å². The summed E-state index contributed by atoms with van der Waals surface area (Å²) in [5, 5.41) is 9.89. The Bertz CT molecular complexity index is 1160. The molecule has 2 amide bonds. The number of amides is 2. The third kappa shape index (κ3) is 3.54. The number of anilines is 2. The summed E-state index contributed by atoms with van der Waals surface area (Å²) >= 11 is 0. The summed E-state index contributed by atoms with van der Waals surface area (Å²) in [5.74, 6) is 1.48. The van der Waals surface area contributed by atoms with Gasteiger partial charge in [0, 0.05) is 36.3 Å². The Balaban J connectivity index is 1.27. The molecule has 5 rings (SSSR count). The number of aromatic amines is 1. The Morgan fingerprint density at radius 2 is 2.03 bits per heavy atom. The normalized spacial score (nSPS) is 17.1.